The molecule has 4 nitrogen and oxygen atoms in total. The summed E-state index contributed by atoms with van der Waals surface area (Å²) in [5.41, 5.74) is 11.7. The van der Waals surface area contributed by atoms with Gasteiger partial charge >= 0.3 is 0 Å². The largest absolute Gasteiger partial charge is 0.148 e. The second-order valence-electron chi connectivity index (χ2n) is 12.8. The van der Waals surface area contributed by atoms with Crippen LogP contribution in [0.1, 0.15) is 25.0 Å². The van der Waals surface area contributed by atoms with Gasteiger partial charge < -0.3 is 0 Å². The first-order valence-electron chi connectivity index (χ1n) is 16.5. The fourth-order valence-corrected chi connectivity index (χ4v) is 10.0. The van der Waals surface area contributed by atoms with Crippen LogP contribution in [0.3, 0.4) is 0 Å². The van der Waals surface area contributed by atoms with Crippen LogP contribution >= 0.6 is 34.4 Å². The van der Waals surface area contributed by atoms with Gasteiger partial charge in [-0.2, -0.15) is 0 Å². The number of hydrogen-bond acceptors (Lipinski definition) is 7. The second kappa shape index (κ2) is 12.6. The minimum Gasteiger partial charge on any atom is -0.138 e. The SMILES string of the molecule is CC1(C)c2ccccc2Sc2c(-c3ccc(-c4nnc(-c5ccccc5)s4)cc3)ccc(-c3ccc(-c4nnc(-c5ccccc5)s4)cc3)c21. The molecule has 0 atom stereocenters. The quantitative estimate of drug-likeness (QED) is 0.173. The molecule has 0 N–H and O–H groups in total. The first-order valence-corrected chi connectivity index (χ1v) is 18.9. The van der Waals surface area contributed by atoms with E-state index < -0.39 is 0 Å². The number of nitrogens with zero attached hydrogens (tertiary/aromatic N) is 4. The minimum atomic E-state index is -0.203. The fourth-order valence-electron chi connectivity index (χ4n) is 6.75. The van der Waals surface area contributed by atoms with Crippen LogP contribution in [0.25, 0.3) is 64.5 Å². The van der Waals surface area contributed by atoms with Gasteiger partial charge in [-0.15, -0.1) is 20.4 Å². The lowest BCUT2D eigenvalue weighted by Crippen LogP contribution is -2.25. The molecule has 0 unspecified atom stereocenters. The third-order valence-electron chi connectivity index (χ3n) is 9.33. The van der Waals surface area contributed by atoms with Crippen molar-refractivity contribution >= 4 is 34.4 Å². The smallest absolute Gasteiger partial charge is 0.138 e. The maximum Gasteiger partial charge on any atom is 0.148 e. The predicted octanol–water partition coefficient (Wildman–Crippen LogP) is 12.2. The Kier molecular flexibility index (Phi) is 7.76. The third kappa shape index (κ3) is 5.48. The molecule has 240 valence electrons. The summed E-state index contributed by atoms with van der Waals surface area (Å²) >= 11 is 5.12. The predicted molar refractivity (Wildman–Crippen MR) is 209 cm³/mol. The lowest BCUT2D eigenvalue weighted by Gasteiger charge is -2.37. The van der Waals surface area contributed by atoms with E-state index in [0.29, 0.717) is 0 Å². The molecule has 6 aromatic carbocycles. The van der Waals surface area contributed by atoms with Crippen LogP contribution < -0.4 is 0 Å². The Morgan fingerprint density at radius 1 is 0.400 bits per heavy atom. The normalized spacial score (nSPS) is 13.1. The van der Waals surface area contributed by atoms with Gasteiger partial charge in [0.05, 0.1) is 0 Å². The van der Waals surface area contributed by atoms with E-state index in [-0.39, 0.29) is 5.41 Å². The molecule has 0 fully saturated rings. The van der Waals surface area contributed by atoms with E-state index in [2.05, 4.69) is 143 Å². The molecule has 0 saturated carbocycles. The van der Waals surface area contributed by atoms with Crippen molar-refractivity contribution in [1.29, 1.82) is 0 Å². The summed E-state index contributed by atoms with van der Waals surface area (Å²) < 4.78 is 0. The molecule has 50 heavy (non-hydrogen) atoms. The van der Waals surface area contributed by atoms with Crippen molar-refractivity contribution in [2.45, 2.75) is 29.1 Å². The first kappa shape index (κ1) is 30.8. The summed E-state index contributed by atoms with van der Waals surface area (Å²) in [5.74, 6) is 0. The Morgan fingerprint density at radius 2 is 0.800 bits per heavy atom. The van der Waals surface area contributed by atoms with Gasteiger partial charge in [0.2, 0.25) is 0 Å². The number of benzene rings is 6. The minimum absolute atomic E-state index is 0.203. The molecular weight excluding hydrogens is 669 g/mol. The van der Waals surface area contributed by atoms with Gasteiger partial charge in [0.25, 0.3) is 0 Å². The van der Waals surface area contributed by atoms with Crippen molar-refractivity contribution in [3.05, 3.63) is 157 Å². The summed E-state index contributed by atoms with van der Waals surface area (Å²) in [6.07, 6.45) is 0. The van der Waals surface area contributed by atoms with Crippen LogP contribution in [0.15, 0.2) is 155 Å². The lowest BCUT2D eigenvalue weighted by atomic mass is 9.73. The lowest BCUT2D eigenvalue weighted by molar-refractivity contribution is 0.610. The average Bonchev–Trinajstić information content (AvgIpc) is 3.87. The second-order valence-corrected chi connectivity index (χ2v) is 15.8. The number of hydrogen-bond donors (Lipinski definition) is 0. The number of aromatic nitrogens is 4. The van der Waals surface area contributed by atoms with Gasteiger partial charge in [-0.25, -0.2) is 0 Å². The zero-order chi connectivity index (χ0) is 33.7. The maximum absolute atomic E-state index is 4.53. The van der Waals surface area contributed by atoms with Gasteiger partial charge in [-0.3, -0.25) is 0 Å². The van der Waals surface area contributed by atoms with Gasteiger partial charge in [-0.05, 0) is 39.4 Å². The van der Waals surface area contributed by atoms with E-state index in [0.717, 1.165) is 42.3 Å². The molecule has 7 heteroatoms. The molecule has 3 heterocycles. The highest BCUT2D eigenvalue weighted by molar-refractivity contribution is 7.99. The summed E-state index contributed by atoms with van der Waals surface area (Å²) in [7, 11) is 0. The van der Waals surface area contributed by atoms with E-state index in [9.17, 15) is 0 Å². The molecule has 1 aliphatic heterocycles. The van der Waals surface area contributed by atoms with Crippen molar-refractivity contribution < 1.29 is 0 Å². The zero-order valence-corrected chi connectivity index (χ0v) is 29.8. The maximum atomic E-state index is 4.53. The fraction of sp³-hybridized carbons (Fsp3) is 0.0698. The van der Waals surface area contributed by atoms with Gasteiger partial charge in [0.1, 0.15) is 20.0 Å². The molecule has 0 bridgehead atoms. The molecule has 0 radical (unpaired) electrons. The molecule has 2 aromatic heterocycles. The van der Waals surface area contributed by atoms with Crippen molar-refractivity contribution in [2.75, 3.05) is 0 Å². The third-order valence-corrected chi connectivity index (χ3v) is 12.6. The van der Waals surface area contributed by atoms with Crippen LogP contribution in [0.4, 0.5) is 0 Å². The standard InChI is InChI=1S/C43H30N4S3/c1-43(2)35-15-9-10-16-36(35)48-38-34(28-19-23-32(24-20-28)42-47-45-40(50-42)30-13-7-4-8-14-30)26-25-33(37(38)43)27-17-21-31(22-18-27)41-46-44-39(49-41)29-11-5-3-6-12-29/h3-26H,1-2H3. The topological polar surface area (TPSA) is 51.6 Å². The Morgan fingerprint density at radius 3 is 1.32 bits per heavy atom. The van der Waals surface area contributed by atoms with E-state index in [1.807, 2.05) is 48.2 Å². The highest BCUT2D eigenvalue weighted by Gasteiger charge is 2.36. The Balaban J connectivity index is 1.09. The molecule has 9 rings (SSSR count). The van der Waals surface area contributed by atoms with Crippen LogP contribution in [0.5, 0.6) is 0 Å². The average molecular weight is 699 g/mol. The van der Waals surface area contributed by atoms with Crippen molar-refractivity contribution in [1.82, 2.24) is 20.4 Å². The molecule has 0 saturated heterocycles. The van der Waals surface area contributed by atoms with Crippen molar-refractivity contribution in [3.63, 3.8) is 0 Å². The summed E-state index contributed by atoms with van der Waals surface area (Å²) in [6, 6.07) is 51.5. The van der Waals surface area contributed by atoms with E-state index in [1.165, 1.54) is 43.2 Å². The Hall–Kier alpha value is -5.21. The molecule has 1 aliphatic rings. The molecular formula is C43H30N4S3. The van der Waals surface area contributed by atoms with Gasteiger partial charge in [0.15, 0.2) is 0 Å². The van der Waals surface area contributed by atoms with E-state index in [4.69, 9.17) is 0 Å². The van der Waals surface area contributed by atoms with Gasteiger partial charge in [-0.1, -0.05) is 188 Å². The highest BCUT2D eigenvalue weighted by Crippen LogP contribution is 2.55. The van der Waals surface area contributed by atoms with Crippen LogP contribution in [0, 0.1) is 0 Å². The Labute approximate surface area is 303 Å². The highest BCUT2D eigenvalue weighted by atomic mass is 32.2. The van der Waals surface area contributed by atoms with Crippen molar-refractivity contribution in [3.8, 4) is 64.5 Å². The molecule has 8 aromatic rings. The number of rotatable bonds is 6. The van der Waals surface area contributed by atoms with Crippen LogP contribution in [-0.2, 0) is 5.41 Å². The van der Waals surface area contributed by atoms with Gasteiger partial charge in [0, 0.05) is 37.5 Å². The monoisotopic (exact) mass is 698 g/mol. The molecule has 0 aliphatic carbocycles. The Bertz CT molecular complexity index is 2470. The van der Waals surface area contributed by atoms with E-state index in [1.54, 1.807) is 22.7 Å². The van der Waals surface area contributed by atoms with Crippen LogP contribution in [0.2, 0.25) is 0 Å². The van der Waals surface area contributed by atoms with Crippen LogP contribution in [-0.4, -0.2) is 20.4 Å². The molecule has 0 amide bonds. The molecule has 0 spiro atoms. The summed E-state index contributed by atoms with van der Waals surface area (Å²) in [5, 5.41) is 21.7. The summed E-state index contributed by atoms with van der Waals surface area (Å²) in [6.45, 7) is 4.72. The first-order chi connectivity index (χ1) is 24.5. The van der Waals surface area contributed by atoms with E-state index >= 15 is 0 Å². The van der Waals surface area contributed by atoms with Crippen molar-refractivity contribution in [2.24, 2.45) is 0 Å². The number of fused-ring (bicyclic) bond motifs is 2. The summed E-state index contributed by atoms with van der Waals surface area (Å²) in [4.78, 5) is 2.62. The zero-order valence-electron chi connectivity index (χ0n) is 27.4.